The monoisotopic (exact) mass is 487 g/mol. The second-order valence-electron chi connectivity index (χ2n) is 7.36. The third-order valence-corrected chi connectivity index (χ3v) is 6.29. The molecule has 27 heavy (non-hydrogen) atoms. The number of hydrogen-bond donors (Lipinski definition) is 1. The van der Waals surface area contributed by atoms with E-state index in [0.717, 1.165) is 9.80 Å². The number of aliphatic hydroxyl groups is 1. The molecule has 4 unspecified atom stereocenters. The van der Waals surface area contributed by atoms with E-state index >= 15 is 0 Å². The summed E-state index contributed by atoms with van der Waals surface area (Å²) in [4.78, 5) is 42.4. The molecule has 1 aromatic carbocycles. The number of carbonyl (C=O) groups excluding carboxylic acids is 3. The maximum absolute atomic E-state index is 14.7. The zero-order valence-corrected chi connectivity index (χ0v) is 17.0. The van der Waals surface area contributed by atoms with Crippen molar-refractivity contribution in [2.75, 3.05) is 11.9 Å². The number of rotatable bonds is 2. The fourth-order valence-corrected chi connectivity index (χ4v) is 4.46. The van der Waals surface area contributed by atoms with Gasteiger partial charge in [-0.2, -0.15) is 0 Å². The number of carbonyl (C=O) groups is 3. The molecule has 1 saturated carbocycles. The van der Waals surface area contributed by atoms with E-state index < -0.39 is 41.9 Å². The number of amides is 4. The number of fused-ring (bicyclic) bond motifs is 1. The summed E-state index contributed by atoms with van der Waals surface area (Å²) in [5.41, 5.74) is -0.00466. The lowest BCUT2D eigenvalue weighted by Crippen LogP contribution is -2.73. The fraction of sp³-hybridized carbons (Fsp3) is 0.500. The van der Waals surface area contributed by atoms with E-state index in [1.54, 1.807) is 13.0 Å². The lowest BCUT2D eigenvalue weighted by Gasteiger charge is -2.53. The predicted octanol–water partition coefficient (Wildman–Crippen LogP) is 1.77. The lowest BCUT2D eigenvalue weighted by atomic mass is 9.81. The van der Waals surface area contributed by atoms with Gasteiger partial charge in [-0.25, -0.2) is 9.18 Å². The average molecular weight is 487 g/mol. The van der Waals surface area contributed by atoms with Gasteiger partial charge in [0.2, 0.25) is 11.8 Å². The lowest BCUT2D eigenvalue weighted by molar-refractivity contribution is -0.162. The number of nitrogens with zero attached hydrogens (tertiary/aromatic N) is 3. The number of anilines is 1. The molecule has 0 bridgehead atoms. The van der Waals surface area contributed by atoms with Crippen LogP contribution < -0.4 is 4.90 Å². The van der Waals surface area contributed by atoms with Crippen molar-refractivity contribution in [1.82, 2.24) is 9.80 Å². The van der Waals surface area contributed by atoms with Crippen molar-refractivity contribution >= 4 is 46.1 Å². The highest BCUT2D eigenvalue weighted by Crippen LogP contribution is 2.42. The molecule has 0 aromatic heterocycles. The Hall–Kier alpha value is -1.75. The standard InChI is InChI=1S/C18H19FIN3O4/c1-8-14(24)13-15(21(2)16(8)25)23(12-6-3-9(20)7-11(12)19)18(27)22(17(13)26)10-4-5-10/h3,6-8,10,13-15,24H,4-5H2,1-2H3. The number of urea groups is 1. The van der Waals surface area contributed by atoms with Gasteiger partial charge in [0.15, 0.2) is 0 Å². The largest absolute Gasteiger partial charge is 0.391 e. The molecule has 4 rings (SSSR count). The van der Waals surface area contributed by atoms with Crippen molar-refractivity contribution in [3.63, 3.8) is 0 Å². The van der Waals surface area contributed by atoms with Gasteiger partial charge in [-0.05, 0) is 53.6 Å². The van der Waals surface area contributed by atoms with Gasteiger partial charge in [-0.1, -0.05) is 6.92 Å². The van der Waals surface area contributed by atoms with Crippen LogP contribution in [-0.2, 0) is 9.59 Å². The maximum atomic E-state index is 14.7. The number of hydrogen-bond acceptors (Lipinski definition) is 4. The van der Waals surface area contributed by atoms with Crippen LogP contribution in [0.25, 0.3) is 0 Å². The maximum Gasteiger partial charge on any atom is 0.333 e. The molecule has 1 aromatic rings. The molecule has 7 nitrogen and oxygen atoms in total. The second kappa shape index (κ2) is 6.40. The van der Waals surface area contributed by atoms with Gasteiger partial charge in [0.1, 0.15) is 17.9 Å². The Morgan fingerprint density at radius 2 is 1.81 bits per heavy atom. The summed E-state index contributed by atoms with van der Waals surface area (Å²) in [6, 6.07) is 3.54. The molecule has 4 amide bonds. The number of benzene rings is 1. The zero-order valence-electron chi connectivity index (χ0n) is 14.8. The first-order chi connectivity index (χ1) is 12.7. The van der Waals surface area contributed by atoms with Crippen LogP contribution in [0.4, 0.5) is 14.9 Å². The Morgan fingerprint density at radius 1 is 1.15 bits per heavy atom. The van der Waals surface area contributed by atoms with Crippen molar-refractivity contribution < 1.29 is 23.9 Å². The van der Waals surface area contributed by atoms with Crippen molar-refractivity contribution in [1.29, 1.82) is 0 Å². The van der Waals surface area contributed by atoms with E-state index in [4.69, 9.17) is 0 Å². The Labute approximate surface area is 169 Å². The molecule has 2 aliphatic heterocycles. The molecule has 0 radical (unpaired) electrons. The molecule has 2 heterocycles. The van der Waals surface area contributed by atoms with Gasteiger partial charge < -0.3 is 10.0 Å². The molecule has 1 aliphatic carbocycles. The van der Waals surface area contributed by atoms with Crippen LogP contribution in [0.1, 0.15) is 19.8 Å². The van der Waals surface area contributed by atoms with E-state index in [-0.39, 0.29) is 17.6 Å². The Morgan fingerprint density at radius 3 is 2.41 bits per heavy atom. The summed E-state index contributed by atoms with van der Waals surface area (Å²) < 4.78 is 15.4. The van der Waals surface area contributed by atoms with Crippen molar-refractivity contribution in [3.8, 4) is 0 Å². The predicted molar refractivity (Wildman–Crippen MR) is 102 cm³/mol. The molecule has 0 spiro atoms. The van der Waals surface area contributed by atoms with E-state index in [1.807, 2.05) is 22.6 Å². The first kappa shape index (κ1) is 18.6. The molecule has 9 heteroatoms. The molecule has 3 fully saturated rings. The minimum atomic E-state index is -1.24. The minimum absolute atomic E-state index is 0.00466. The van der Waals surface area contributed by atoms with Crippen molar-refractivity contribution in [3.05, 3.63) is 27.6 Å². The van der Waals surface area contributed by atoms with Crippen LogP contribution in [0.2, 0.25) is 0 Å². The molecular formula is C18H19FIN3O4. The zero-order chi connectivity index (χ0) is 19.6. The van der Waals surface area contributed by atoms with E-state index in [2.05, 4.69) is 0 Å². The highest BCUT2D eigenvalue weighted by atomic mass is 127. The van der Waals surface area contributed by atoms with Crippen LogP contribution in [-0.4, -0.2) is 58.1 Å². The molecule has 144 valence electrons. The molecule has 3 aliphatic rings. The SMILES string of the molecule is CC1C(=O)N(C)C2C(C(=O)N(C3CC3)C(=O)N2c2ccc(I)cc2F)C1O. The summed E-state index contributed by atoms with van der Waals surface area (Å²) in [7, 11) is 1.48. The number of halogens is 2. The van der Waals surface area contributed by atoms with Gasteiger partial charge in [-0.3, -0.25) is 19.4 Å². The minimum Gasteiger partial charge on any atom is -0.391 e. The third-order valence-electron chi connectivity index (χ3n) is 5.62. The summed E-state index contributed by atoms with van der Waals surface area (Å²) in [6.45, 7) is 1.56. The Balaban J connectivity index is 1.87. The van der Waals surface area contributed by atoms with Crippen LogP contribution in [0.15, 0.2) is 18.2 Å². The van der Waals surface area contributed by atoms with Gasteiger partial charge in [-0.15, -0.1) is 0 Å². The highest BCUT2D eigenvalue weighted by molar-refractivity contribution is 14.1. The first-order valence-corrected chi connectivity index (χ1v) is 9.88. The van der Waals surface area contributed by atoms with Crippen LogP contribution in [0.5, 0.6) is 0 Å². The molecular weight excluding hydrogens is 468 g/mol. The van der Waals surface area contributed by atoms with Gasteiger partial charge in [0.25, 0.3) is 0 Å². The number of aliphatic hydroxyl groups excluding tert-OH is 1. The second-order valence-corrected chi connectivity index (χ2v) is 8.60. The average Bonchev–Trinajstić information content (AvgIpc) is 3.43. The van der Waals surface area contributed by atoms with Crippen molar-refractivity contribution in [2.45, 2.75) is 38.1 Å². The summed E-state index contributed by atoms with van der Waals surface area (Å²) in [5, 5.41) is 10.7. The highest BCUT2D eigenvalue weighted by Gasteiger charge is 2.59. The number of piperidine rings is 1. The first-order valence-electron chi connectivity index (χ1n) is 8.80. The Bertz CT molecular complexity index is 846. The van der Waals surface area contributed by atoms with Gasteiger partial charge >= 0.3 is 6.03 Å². The molecule has 1 N–H and O–H groups in total. The van der Waals surface area contributed by atoms with Gasteiger partial charge in [0.05, 0.1) is 17.7 Å². The van der Waals surface area contributed by atoms with Crippen LogP contribution in [0.3, 0.4) is 0 Å². The summed E-state index contributed by atoms with van der Waals surface area (Å²) in [5.74, 6) is -3.29. The van der Waals surface area contributed by atoms with Crippen molar-refractivity contribution in [2.24, 2.45) is 11.8 Å². The Kier molecular flexibility index (Phi) is 4.41. The van der Waals surface area contributed by atoms with E-state index in [9.17, 15) is 23.9 Å². The van der Waals surface area contributed by atoms with E-state index in [1.165, 1.54) is 24.1 Å². The topological polar surface area (TPSA) is 81.2 Å². The van der Waals surface area contributed by atoms with Crippen LogP contribution in [0, 0.1) is 21.2 Å². The van der Waals surface area contributed by atoms with E-state index in [0.29, 0.717) is 16.4 Å². The molecule has 2 saturated heterocycles. The molecule has 4 atom stereocenters. The quantitative estimate of drug-likeness (QED) is 0.646. The fourth-order valence-electron chi connectivity index (χ4n) is 4.01. The third kappa shape index (κ3) is 2.74. The van der Waals surface area contributed by atoms with Crippen LogP contribution >= 0.6 is 22.6 Å². The normalized spacial score (nSPS) is 31.4. The summed E-state index contributed by atoms with van der Waals surface area (Å²) in [6.07, 6.45) is -0.917. The number of imide groups is 1. The van der Waals surface area contributed by atoms with Gasteiger partial charge in [0, 0.05) is 16.7 Å². The smallest absolute Gasteiger partial charge is 0.333 e. The summed E-state index contributed by atoms with van der Waals surface area (Å²) >= 11 is 1.96. The number of likely N-dealkylation sites (tertiary alicyclic amines) is 1.